The van der Waals surface area contributed by atoms with E-state index < -0.39 is 0 Å². The van der Waals surface area contributed by atoms with Crippen molar-refractivity contribution >= 4 is 0 Å². The van der Waals surface area contributed by atoms with Gasteiger partial charge in [0.15, 0.2) is 0 Å². The molecule has 0 saturated heterocycles. The van der Waals surface area contributed by atoms with Gasteiger partial charge < -0.3 is 10.3 Å². The number of nitrogens with zero attached hydrogens (tertiary/aromatic N) is 2. The van der Waals surface area contributed by atoms with E-state index in [0.29, 0.717) is 19.0 Å². The fraction of sp³-hybridized carbons (Fsp3) is 0.357. The van der Waals surface area contributed by atoms with Crippen LogP contribution in [0.2, 0.25) is 0 Å². The molecule has 3 nitrogen and oxygen atoms in total. The van der Waals surface area contributed by atoms with Crippen LogP contribution < -0.4 is 5.73 Å². The zero-order valence-electron chi connectivity index (χ0n) is 10.7. The van der Waals surface area contributed by atoms with Gasteiger partial charge in [-0.2, -0.15) is 0 Å². The van der Waals surface area contributed by atoms with Crippen LogP contribution in [0.5, 0.6) is 0 Å². The summed E-state index contributed by atoms with van der Waals surface area (Å²) >= 11 is 0. The Morgan fingerprint density at radius 2 is 2.00 bits per heavy atom. The van der Waals surface area contributed by atoms with Gasteiger partial charge in [-0.05, 0) is 23.3 Å². The third-order valence-electron chi connectivity index (χ3n) is 2.87. The van der Waals surface area contributed by atoms with E-state index in [1.54, 1.807) is 12.3 Å². The summed E-state index contributed by atoms with van der Waals surface area (Å²) in [7, 11) is 0. The van der Waals surface area contributed by atoms with Crippen LogP contribution in [-0.4, -0.2) is 9.55 Å². The molecule has 0 fully saturated rings. The van der Waals surface area contributed by atoms with Crippen LogP contribution in [0.15, 0.2) is 30.6 Å². The minimum Gasteiger partial charge on any atom is -0.330 e. The van der Waals surface area contributed by atoms with Crippen LogP contribution in [0.4, 0.5) is 4.39 Å². The Morgan fingerprint density at radius 3 is 2.67 bits per heavy atom. The van der Waals surface area contributed by atoms with E-state index in [-0.39, 0.29) is 5.82 Å². The molecule has 2 aromatic rings. The van der Waals surface area contributed by atoms with Gasteiger partial charge in [0, 0.05) is 31.4 Å². The maximum atomic E-state index is 13.4. The van der Waals surface area contributed by atoms with E-state index in [2.05, 4.69) is 18.8 Å². The standard InChI is InChI=1S/C14H18FN3/c1-10(2)14-17-3-4-18(14)9-12-5-11(8-16)6-13(15)7-12/h3-7,10H,8-9,16H2,1-2H3. The molecule has 0 radical (unpaired) electrons. The van der Waals surface area contributed by atoms with Crippen LogP contribution in [0.1, 0.15) is 36.7 Å². The molecule has 2 rings (SSSR count). The van der Waals surface area contributed by atoms with Gasteiger partial charge in [-0.3, -0.25) is 0 Å². The molecule has 0 unspecified atom stereocenters. The minimum absolute atomic E-state index is 0.237. The van der Waals surface area contributed by atoms with Crippen LogP contribution in [0.3, 0.4) is 0 Å². The van der Waals surface area contributed by atoms with Crippen molar-refractivity contribution in [2.45, 2.75) is 32.9 Å². The molecular formula is C14H18FN3. The van der Waals surface area contributed by atoms with E-state index in [1.165, 1.54) is 6.07 Å². The van der Waals surface area contributed by atoms with Crippen molar-refractivity contribution in [2.24, 2.45) is 5.73 Å². The first-order valence-corrected chi connectivity index (χ1v) is 6.09. The van der Waals surface area contributed by atoms with Crippen molar-refractivity contribution in [3.8, 4) is 0 Å². The average Bonchev–Trinajstić information content (AvgIpc) is 2.76. The summed E-state index contributed by atoms with van der Waals surface area (Å²) in [6, 6.07) is 4.96. The quantitative estimate of drug-likeness (QED) is 0.902. The second kappa shape index (κ2) is 5.31. The van der Waals surface area contributed by atoms with Crippen molar-refractivity contribution in [2.75, 3.05) is 0 Å². The topological polar surface area (TPSA) is 43.8 Å². The summed E-state index contributed by atoms with van der Waals surface area (Å²) in [4.78, 5) is 4.32. The fourth-order valence-corrected chi connectivity index (χ4v) is 2.08. The lowest BCUT2D eigenvalue weighted by molar-refractivity contribution is 0.617. The highest BCUT2D eigenvalue weighted by atomic mass is 19.1. The van der Waals surface area contributed by atoms with Crippen molar-refractivity contribution in [3.63, 3.8) is 0 Å². The number of benzene rings is 1. The lowest BCUT2D eigenvalue weighted by Gasteiger charge is -2.11. The number of hydrogen-bond acceptors (Lipinski definition) is 2. The number of rotatable bonds is 4. The smallest absolute Gasteiger partial charge is 0.123 e. The van der Waals surface area contributed by atoms with Gasteiger partial charge in [-0.15, -0.1) is 0 Å². The van der Waals surface area contributed by atoms with Crippen LogP contribution in [0, 0.1) is 5.82 Å². The second-order valence-electron chi connectivity index (χ2n) is 4.74. The molecule has 96 valence electrons. The van der Waals surface area contributed by atoms with Gasteiger partial charge in [-0.1, -0.05) is 19.9 Å². The summed E-state index contributed by atoms with van der Waals surface area (Å²) in [6.07, 6.45) is 3.70. The SMILES string of the molecule is CC(C)c1nccn1Cc1cc(F)cc(CN)c1. The molecule has 0 amide bonds. The number of aromatic nitrogens is 2. The van der Waals surface area contributed by atoms with Crippen molar-refractivity contribution in [3.05, 3.63) is 53.4 Å². The number of halogens is 1. The van der Waals surface area contributed by atoms with Crippen LogP contribution >= 0.6 is 0 Å². The first-order valence-electron chi connectivity index (χ1n) is 6.09. The summed E-state index contributed by atoms with van der Waals surface area (Å²) in [5.74, 6) is 1.12. The molecule has 0 saturated carbocycles. The molecule has 0 aliphatic carbocycles. The van der Waals surface area contributed by atoms with Gasteiger partial charge in [0.25, 0.3) is 0 Å². The Morgan fingerprint density at radius 1 is 1.28 bits per heavy atom. The van der Waals surface area contributed by atoms with Crippen LogP contribution in [0.25, 0.3) is 0 Å². The summed E-state index contributed by atoms with van der Waals surface area (Å²) < 4.78 is 15.5. The lowest BCUT2D eigenvalue weighted by Crippen LogP contribution is -2.07. The molecule has 1 aromatic carbocycles. The number of nitrogens with two attached hydrogens (primary N) is 1. The number of hydrogen-bond donors (Lipinski definition) is 1. The first kappa shape index (κ1) is 12.8. The Bertz CT molecular complexity index is 532. The molecule has 18 heavy (non-hydrogen) atoms. The second-order valence-corrected chi connectivity index (χ2v) is 4.74. The Kier molecular flexibility index (Phi) is 3.77. The van der Waals surface area contributed by atoms with Crippen molar-refractivity contribution in [1.82, 2.24) is 9.55 Å². The maximum absolute atomic E-state index is 13.4. The Hall–Kier alpha value is -1.68. The molecule has 0 atom stereocenters. The normalized spacial score (nSPS) is 11.2. The van der Waals surface area contributed by atoms with Gasteiger partial charge in [0.2, 0.25) is 0 Å². The maximum Gasteiger partial charge on any atom is 0.123 e. The monoisotopic (exact) mass is 247 g/mol. The third-order valence-corrected chi connectivity index (χ3v) is 2.87. The molecule has 0 aliphatic rings. The molecule has 1 heterocycles. The summed E-state index contributed by atoms with van der Waals surface area (Å²) in [5, 5.41) is 0. The van der Waals surface area contributed by atoms with Gasteiger partial charge >= 0.3 is 0 Å². The zero-order chi connectivity index (χ0) is 13.1. The Balaban J connectivity index is 2.28. The van der Waals surface area contributed by atoms with E-state index in [4.69, 9.17) is 5.73 Å². The fourth-order valence-electron chi connectivity index (χ4n) is 2.08. The van der Waals surface area contributed by atoms with E-state index in [0.717, 1.165) is 17.0 Å². The average molecular weight is 247 g/mol. The predicted molar refractivity (Wildman–Crippen MR) is 69.7 cm³/mol. The molecule has 4 heteroatoms. The molecule has 1 aromatic heterocycles. The highest BCUT2D eigenvalue weighted by Gasteiger charge is 2.08. The van der Waals surface area contributed by atoms with Crippen molar-refractivity contribution < 1.29 is 4.39 Å². The van der Waals surface area contributed by atoms with E-state index in [9.17, 15) is 4.39 Å². The van der Waals surface area contributed by atoms with Gasteiger partial charge in [0.1, 0.15) is 11.6 Å². The molecular weight excluding hydrogens is 229 g/mol. The molecule has 0 bridgehead atoms. The third kappa shape index (κ3) is 2.76. The zero-order valence-corrected chi connectivity index (χ0v) is 10.7. The predicted octanol–water partition coefficient (Wildman–Crippen LogP) is 2.65. The van der Waals surface area contributed by atoms with Gasteiger partial charge in [-0.25, -0.2) is 9.37 Å². The largest absolute Gasteiger partial charge is 0.330 e. The summed E-state index contributed by atoms with van der Waals surface area (Å²) in [5.41, 5.74) is 7.28. The lowest BCUT2D eigenvalue weighted by atomic mass is 10.1. The molecule has 2 N–H and O–H groups in total. The van der Waals surface area contributed by atoms with Crippen LogP contribution in [-0.2, 0) is 13.1 Å². The molecule has 0 spiro atoms. The highest BCUT2D eigenvalue weighted by molar-refractivity contribution is 5.25. The Labute approximate surface area is 106 Å². The molecule has 0 aliphatic heterocycles. The minimum atomic E-state index is -0.237. The first-order chi connectivity index (χ1) is 8.60. The highest BCUT2D eigenvalue weighted by Crippen LogP contribution is 2.15. The van der Waals surface area contributed by atoms with Crippen molar-refractivity contribution in [1.29, 1.82) is 0 Å². The van der Waals surface area contributed by atoms with Gasteiger partial charge in [0.05, 0.1) is 0 Å². The van der Waals surface area contributed by atoms with E-state index in [1.807, 2.05) is 16.8 Å². The van der Waals surface area contributed by atoms with E-state index >= 15 is 0 Å². The number of imidazole rings is 1. The summed E-state index contributed by atoms with van der Waals surface area (Å²) in [6.45, 7) is 5.16.